The van der Waals surface area contributed by atoms with E-state index < -0.39 is 0 Å². The SMILES string of the molecule is Cc1cccnc1CNC(=O)c1nnc(N)s1. The van der Waals surface area contributed by atoms with Crippen molar-refractivity contribution in [2.24, 2.45) is 0 Å². The topological polar surface area (TPSA) is 93.8 Å². The molecule has 2 aromatic rings. The lowest BCUT2D eigenvalue weighted by atomic mass is 10.2. The van der Waals surface area contributed by atoms with E-state index in [0.29, 0.717) is 6.54 Å². The largest absolute Gasteiger partial charge is 0.374 e. The molecule has 17 heavy (non-hydrogen) atoms. The van der Waals surface area contributed by atoms with Crippen LogP contribution in [0.2, 0.25) is 0 Å². The second kappa shape index (κ2) is 4.88. The number of nitrogens with one attached hydrogen (secondary N) is 1. The molecule has 0 aromatic carbocycles. The third-order valence-electron chi connectivity index (χ3n) is 2.17. The highest BCUT2D eigenvalue weighted by Gasteiger charge is 2.11. The number of aryl methyl sites for hydroxylation is 1. The molecule has 2 rings (SSSR count). The van der Waals surface area contributed by atoms with Gasteiger partial charge >= 0.3 is 0 Å². The molecule has 0 spiro atoms. The zero-order valence-corrected chi connectivity index (χ0v) is 9.99. The van der Waals surface area contributed by atoms with Crippen LogP contribution in [0.3, 0.4) is 0 Å². The molecule has 0 bridgehead atoms. The first-order chi connectivity index (χ1) is 8.16. The van der Waals surface area contributed by atoms with Crippen molar-refractivity contribution in [3.05, 3.63) is 34.6 Å². The summed E-state index contributed by atoms with van der Waals surface area (Å²) in [6.45, 7) is 2.31. The maximum atomic E-state index is 11.7. The van der Waals surface area contributed by atoms with Gasteiger partial charge in [-0.2, -0.15) is 0 Å². The maximum absolute atomic E-state index is 11.7. The molecule has 0 aliphatic heterocycles. The Kier molecular flexibility index (Phi) is 3.29. The average Bonchev–Trinajstić information content (AvgIpc) is 2.74. The number of hydrogen-bond acceptors (Lipinski definition) is 6. The van der Waals surface area contributed by atoms with Crippen molar-refractivity contribution in [1.82, 2.24) is 20.5 Å². The van der Waals surface area contributed by atoms with Gasteiger partial charge in [-0.05, 0) is 18.6 Å². The van der Waals surface area contributed by atoms with Crippen molar-refractivity contribution in [2.75, 3.05) is 5.73 Å². The van der Waals surface area contributed by atoms with Crippen LogP contribution in [0.5, 0.6) is 0 Å². The summed E-state index contributed by atoms with van der Waals surface area (Å²) < 4.78 is 0. The van der Waals surface area contributed by atoms with Crippen LogP contribution in [-0.4, -0.2) is 21.1 Å². The minimum atomic E-state index is -0.288. The van der Waals surface area contributed by atoms with Crippen molar-refractivity contribution in [3.63, 3.8) is 0 Å². The Labute approximate surface area is 102 Å². The number of pyridine rings is 1. The number of nitrogen functional groups attached to an aromatic ring is 1. The maximum Gasteiger partial charge on any atom is 0.282 e. The molecule has 0 saturated carbocycles. The number of aromatic nitrogens is 3. The van der Waals surface area contributed by atoms with E-state index in [-0.39, 0.29) is 16.0 Å². The van der Waals surface area contributed by atoms with Gasteiger partial charge < -0.3 is 11.1 Å². The number of rotatable bonds is 3. The molecule has 0 saturated heterocycles. The molecule has 0 atom stereocenters. The molecule has 0 radical (unpaired) electrons. The number of nitrogens with zero attached hydrogens (tertiary/aromatic N) is 3. The molecule has 3 N–H and O–H groups in total. The van der Waals surface area contributed by atoms with Gasteiger partial charge in [-0.15, -0.1) is 10.2 Å². The molecule has 1 amide bonds. The van der Waals surface area contributed by atoms with Gasteiger partial charge in [-0.25, -0.2) is 0 Å². The van der Waals surface area contributed by atoms with Crippen LogP contribution in [0.25, 0.3) is 0 Å². The first-order valence-electron chi connectivity index (χ1n) is 4.94. The van der Waals surface area contributed by atoms with E-state index in [2.05, 4.69) is 20.5 Å². The molecule has 6 nitrogen and oxygen atoms in total. The summed E-state index contributed by atoms with van der Waals surface area (Å²) in [6.07, 6.45) is 1.69. The fourth-order valence-electron chi connectivity index (χ4n) is 1.27. The smallest absolute Gasteiger partial charge is 0.282 e. The molecule has 0 fully saturated rings. The summed E-state index contributed by atoms with van der Waals surface area (Å²) in [5, 5.41) is 10.5. The lowest BCUT2D eigenvalue weighted by Crippen LogP contribution is -2.23. The van der Waals surface area contributed by atoms with Crippen LogP contribution in [0, 0.1) is 6.92 Å². The Morgan fingerprint density at radius 3 is 3.00 bits per heavy atom. The zero-order chi connectivity index (χ0) is 12.3. The molecule has 0 unspecified atom stereocenters. The second-order valence-corrected chi connectivity index (χ2v) is 4.40. The molecule has 0 aliphatic rings. The van der Waals surface area contributed by atoms with Gasteiger partial charge in [0.2, 0.25) is 10.1 Å². The molecule has 7 heteroatoms. The van der Waals surface area contributed by atoms with E-state index in [4.69, 9.17) is 5.73 Å². The third kappa shape index (κ3) is 2.76. The number of nitrogens with two attached hydrogens (primary N) is 1. The number of hydrogen-bond donors (Lipinski definition) is 2. The molecule has 2 aromatic heterocycles. The highest BCUT2D eigenvalue weighted by atomic mass is 32.1. The van der Waals surface area contributed by atoms with Crippen molar-refractivity contribution in [2.45, 2.75) is 13.5 Å². The number of carbonyl (C=O) groups excluding carboxylic acids is 1. The van der Waals surface area contributed by atoms with Crippen molar-refractivity contribution < 1.29 is 4.79 Å². The Hall–Kier alpha value is -2.02. The van der Waals surface area contributed by atoms with E-state index in [1.54, 1.807) is 6.20 Å². The zero-order valence-electron chi connectivity index (χ0n) is 9.17. The van der Waals surface area contributed by atoms with E-state index in [0.717, 1.165) is 22.6 Å². The summed E-state index contributed by atoms with van der Waals surface area (Å²) >= 11 is 1.06. The minimum absolute atomic E-state index is 0.260. The summed E-state index contributed by atoms with van der Waals surface area (Å²) in [4.78, 5) is 15.8. The average molecular weight is 249 g/mol. The molecule has 88 valence electrons. The van der Waals surface area contributed by atoms with Crippen LogP contribution in [0.15, 0.2) is 18.3 Å². The van der Waals surface area contributed by atoms with E-state index >= 15 is 0 Å². The van der Waals surface area contributed by atoms with Crippen LogP contribution >= 0.6 is 11.3 Å². The van der Waals surface area contributed by atoms with Crippen LogP contribution in [-0.2, 0) is 6.54 Å². The molecule has 2 heterocycles. The van der Waals surface area contributed by atoms with Gasteiger partial charge in [0, 0.05) is 6.20 Å². The summed E-state index contributed by atoms with van der Waals surface area (Å²) in [5.74, 6) is -0.288. The van der Waals surface area contributed by atoms with Gasteiger partial charge in [0.05, 0.1) is 12.2 Å². The van der Waals surface area contributed by atoms with Gasteiger partial charge in [0.25, 0.3) is 5.91 Å². The van der Waals surface area contributed by atoms with Crippen molar-refractivity contribution in [1.29, 1.82) is 0 Å². The number of anilines is 1. The highest BCUT2D eigenvalue weighted by molar-refractivity contribution is 7.16. The number of carbonyl (C=O) groups is 1. The van der Waals surface area contributed by atoms with E-state index in [1.165, 1.54) is 0 Å². The van der Waals surface area contributed by atoms with Crippen molar-refractivity contribution in [3.8, 4) is 0 Å². The van der Waals surface area contributed by atoms with E-state index in [9.17, 15) is 4.79 Å². The van der Waals surface area contributed by atoms with Gasteiger partial charge in [-0.3, -0.25) is 9.78 Å². The van der Waals surface area contributed by atoms with Gasteiger partial charge in [-0.1, -0.05) is 17.4 Å². The van der Waals surface area contributed by atoms with Crippen LogP contribution < -0.4 is 11.1 Å². The Bertz CT molecular complexity index is 539. The predicted octanol–water partition coefficient (Wildman–Crippen LogP) is 0.754. The summed E-state index contributed by atoms with van der Waals surface area (Å²) in [7, 11) is 0. The number of amides is 1. The fraction of sp³-hybridized carbons (Fsp3) is 0.200. The second-order valence-electron chi connectivity index (χ2n) is 3.40. The minimum Gasteiger partial charge on any atom is -0.374 e. The van der Waals surface area contributed by atoms with Crippen LogP contribution in [0.1, 0.15) is 21.1 Å². The Morgan fingerprint density at radius 1 is 1.53 bits per heavy atom. The van der Waals surface area contributed by atoms with Crippen LogP contribution in [0.4, 0.5) is 5.13 Å². The monoisotopic (exact) mass is 249 g/mol. The molecule has 0 aliphatic carbocycles. The first kappa shape index (κ1) is 11.5. The lowest BCUT2D eigenvalue weighted by Gasteiger charge is -2.04. The molecular weight excluding hydrogens is 238 g/mol. The Morgan fingerprint density at radius 2 is 2.35 bits per heavy atom. The van der Waals surface area contributed by atoms with Crippen molar-refractivity contribution >= 4 is 22.4 Å². The standard InChI is InChI=1S/C10H11N5OS/c1-6-3-2-4-12-7(6)5-13-8(16)9-14-15-10(11)17-9/h2-4H,5H2,1H3,(H2,11,15)(H,13,16). The Balaban J connectivity index is 1.99. The van der Waals surface area contributed by atoms with E-state index in [1.807, 2.05) is 19.1 Å². The fourth-order valence-corrected chi connectivity index (χ4v) is 1.80. The van der Waals surface area contributed by atoms with Gasteiger partial charge in [0.1, 0.15) is 0 Å². The quantitative estimate of drug-likeness (QED) is 0.837. The lowest BCUT2D eigenvalue weighted by molar-refractivity contribution is 0.0949. The predicted molar refractivity (Wildman–Crippen MR) is 64.5 cm³/mol. The third-order valence-corrected chi connectivity index (χ3v) is 2.92. The normalized spacial score (nSPS) is 10.2. The summed E-state index contributed by atoms with van der Waals surface area (Å²) in [6, 6.07) is 3.80. The highest BCUT2D eigenvalue weighted by Crippen LogP contribution is 2.10. The first-order valence-corrected chi connectivity index (χ1v) is 5.76. The van der Waals surface area contributed by atoms with Gasteiger partial charge in [0.15, 0.2) is 0 Å². The summed E-state index contributed by atoms with van der Waals surface area (Å²) in [5.41, 5.74) is 7.26. The molecular formula is C10H11N5OS.